The molecule has 1 aliphatic rings. The number of aromatic amines is 1. The Balaban J connectivity index is 1.52. The molecule has 0 radical (unpaired) electrons. The number of H-pyrrole nitrogens is 1. The summed E-state index contributed by atoms with van der Waals surface area (Å²) < 4.78 is 10.4. The highest BCUT2D eigenvalue weighted by Gasteiger charge is 2.25. The van der Waals surface area contributed by atoms with E-state index in [2.05, 4.69) is 9.97 Å². The lowest BCUT2D eigenvalue weighted by atomic mass is 10.0. The lowest BCUT2D eigenvalue weighted by molar-refractivity contribution is 0.0732. The lowest BCUT2D eigenvalue weighted by Gasteiger charge is -2.28. The number of methoxy groups -OCH3 is 2. The third-order valence-corrected chi connectivity index (χ3v) is 5.25. The zero-order valence-corrected chi connectivity index (χ0v) is 17.0. The van der Waals surface area contributed by atoms with Crippen LogP contribution in [0.5, 0.6) is 11.5 Å². The van der Waals surface area contributed by atoms with Gasteiger partial charge < -0.3 is 19.4 Å². The Morgan fingerprint density at radius 3 is 2.60 bits per heavy atom. The van der Waals surface area contributed by atoms with Gasteiger partial charge in [-0.15, -0.1) is 0 Å². The van der Waals surface area contributed by atoms with Gasteiger partial charge in [0.15, 0.2) is 0 Å². The third kappa shape index (κ3) is 4.05. The summed E-state index contributed by atoms with van der Waals surface area (Å²) in [5.74, 6) is 1.96. The van der Waals surface area contributed by atoms with Crippen LogP contribution in [-0.2, 0) is 19.4 Å². The van der Waals surface area contributed by atoms with Crippen LogP contribution in [0.15, 0.2) is 53.3 Å². The van der Waals surface area contributed by atoms with Gasteiger partial charge in [0.05, 0.1) is 32.0 Å². The molecule has 7 nitrogen and oxygen atoms in total. The van der Waals surface area contributed by atoms with Crippen molar-refractivity contribution in [1.29, 1.82) is 0 Å². The van der Waals surface area contributed by atoms with Crippen LogP contribution in [0.2, 0.25) is 0 Å². The number of nitrogens with one attached hydrogen (secondary N) is 1. The minimum absolute atomic E-state index is 0.108. The smallest absolute Gasteiger partial charge is 0.256 e. The highest BCUT2D eigenvalue weighted by molar-refractivity contribution is 5.94. The Morgan fingerprint density at radius 2 is 1.87 bits per heavy atom. The first kappa shape index (κ1) is 19.7. The summed E-state index contributed by atoms with van der Waals surface area (Å²) >= 11 is 0. The van der Waals surface area contributed by atoms with Gasteiger partial charge >= 0.3 is 0 Å². The highest BCUT2D eigenvalue weighted by Crippen LogP contribution is 2.20. The van der Waals surface area contributed by atoms with Crippen LogP contribution < -0.4 is 15.0 Å². The molecule has 3 aromatic rings. The molecular weight excluding hydrogens is 382 g/mol. The molecule has 2 aromatic carbocycles. The number of hydrogen-bond acceptors (Lipinski definition) is 5. The van der Waals surface area contributed by atoms with E-state index >= 15 is 0 Å². The first-order valence-corrected chi connectivity index (χ1v) is 9.74. The molecule has 1 aliphatic heterocycles. The molecule has 0 saturated heterocycles. The van der Waals surface area contributed by atoms with E-state index in [-0.39, 0.29) is 18.0 Å². The predicted molar refractivity (Wildman–Crippen MR) is 112 cm³/mol. The number of nitrogens with zero attached hydrogens (tertiary/aromatic N) is 2. The van der Waals surface area contributed by atoms with Gasteiger partial charge in [0.1, 0.15) is 17.3 Å². The van der Waals surface area contributed by atoms with Gasteiger partial charge in [0.25, 0.3) is 11.5 Å². The van der Waals surface area contributed by atoms with Gasteiger partial charge in [-0.05, 0) is 42.0 Å². The van der Waals surface area contributed by atoms with E-state index in [1.165, 1.54) is 0 Å². The molecule has 0 bridgehead atoms. The number of hydrogen-bond donors (Lipinski definition) is 1. The third-order valence-electron chi connectivity index (χ3n) is 5.25. The van der Waals surface area contributed by atoms with E-state index in [9.17, 15) is 9.59 Å². The number of fused-ring (bicyclic) bond motifs is 1. The molecule has 0 fully saturated rings. The number of benzene rings is 2. The van der Waals surface area contributed by atoms with Crippen LogP contribution in [0.3, 0.4) is 0 Å². The van der Waals surface area contributed by atoms with Crippen molar-refractivity contribution in [1.82, 2.24) is 14.9 Å². The molecule has 0 aliphatic carbocycles. The quantitative estimate of drug-likeness (QED) is 0.705. The molecule has 0 spiro atoms. The second-order valence-corrected chi connectivity index (χ2v) is 7.17. The molecular formula is C23H23N3O4. The Morgan fingerprint density at radius 1 is 1.10 bits per heavy atom. The Bertz CT molecular complexity index is 1120. The van der Waals surface area contributed by atoms with Crippen LogP contribution in [0.25, 0.3) is 0 Å². The van der Waals surface area contributed by atoms with Crippen molar-refractivity contribution in [3.05, 3.63) is 87.1 Å². The van der Waals surface area contributed by atoms with E-state index in [0.29, 0.717) is 42.1 Å². The predicted octanol–water partition coefficient (Wildman–Crippen LogP) is 2.58. The molecule has 30 heavy (non-hydrogen) atoms. The summed E-state index contributed by atoms with van der Waals surface area (Å²) in [7, 11) is 3.21. The number of aromatic nitrogens is 2. The van der Waals surface area contributed by atoms with Gasteiger partial charge in [0.2, 0.25) is 0 Å². The van der Waals surface area contributed by atoms with E-state index in [1.54, 1.807) is 43.4 Å². The number of carbonyl (C=O) groups is 1. The fourth-order valence-corrected chi connectivity index (χ4v) is 3.63. The highest BCUT2D eigenvalue weighted by atomic mass is 16.5. The molecule has 1 amide bonds. The van der Waals surface area contributed by atoms with Crippen molar-refractivity contribution < 1.29 is 14.3 Å². The van der Waals surface area contributed by atoms with Crippen molar-refractivity contribution in [2.45, 2.75) is 19.4 Å². The zero-order valence-electron chi connectivity index (χ0n) is 17.0. The van der Waals surface area contributed by atoms with Crippen molar-refractivity contribution in [2.75, 3.05) is 20.8 Å². The molecule has 0 atom stereocenters. The van der Waals surface area contributed by atoms with E-state index in [1.807, 2.05) is 24.3 Å². The summed E-state index contributed by atoms with van der Waals surface area (Å²) in [5.41, 5.74) is 2.70. The first-order chi connectivity index (χ1) is 14.6. The van der Waals surface area contributed by atoms with Crippen LogP contribution in [0.4, 0.5) is 0 Å². The lowest BCUT2D eigenvalue weighted by Crippen LogP contribution is -2.39. The van der Waals surface area contributed by atoms with Crippen molar-refractivity contribution >= 4 is 5.91 Å². The van der Waals surface area contributed by atoms with Gasteiger partial charge in [-0.3, -0.25) is 9.59 Å². The largest absolute Gasteiger partial charge is 0.497 e. The first-order valence-electron chi connectivity index (χ1n) is 9.74. The normalized spacial score (nSPS) is 12.9. The fraction of sp³-hybridized carbons (Fsp3) is 0.261. The fourth-order valence-electron chi connectivity index (χ4n) is 3.63. The summed E-state index contributed by atoms with van der Waals surface area (Å²) in [6.07, 6.45) is 1.06. The molecule has 1 N–H and O–H groups in total. The molecule has 154 valence electrons. The number of ether oxygens (including phenoxy) is 2. The molecule has 0 saturated carbocycles. The summed E-state index contributed by atoms with van der Waals surface area (Å²) in [6, 6.07) is 14.7. The summed E-state index contributed by atoms with van der Waals surface area (Å²) in [5, 5.41) is 0. The second-order valence-electron chi connectivity index (χ2n) is 7.17. The molecule has 2 heterocycles. The van der Waals surface area contributed by atoms with E-state index in [0.717, 1.165) is 17.0 Å². The van der Waals surface area contributed by atoms with E-state index < -0.39 is 0 Å². The van der Waals surface area contributed by atoms with Gasteiger partial charge in [0, 0.05) is 24.9 Å². The topological polar surface area (TPSA) is 84.5 Å². The van der Waals surface area contributed by atoms with Crippen molar-refractivity contribution in [2.24, 2.45) is 0 Å². The average molecular weight is 405 g/mol. The van der Waals surface area contributed by atoms with Gasteiger partial charge in [-0.2, -0.15) is 0 Å². The van der Waals surface area contributed by atoms with E-state index in [4.69, 9.17) is 9.47 Å². The number of carbonyl (C=O) groups excluding carboxylic acids is 1. The SMILES string of the molecule is COc1ccc(C(=O)N2CCc3nc(Cc4cccc(OC)c4)[nH]c(=O)c3C2)cc1. The second kappa shape index (κ2) is 8.41. The monoisotopic (exact) mass is 405 g/mol. The Hall–Kier alpha value is -3.61. The molecule has 1 aromatic heterocycles. The molecule has 0 unspecified atom stereocenters. The summed E-state index contributed by atoms with van der Waals surface area (Å²) in [4.78, 5) is 34.8. The zero-order chi connectivity index (χ0) is 21.1. The maximum Gasteiger partial charge on any atom is 0.256 e. The minimum Gasteiger partial charge on any atom is -0.497 e. The Kier molecular flexibility index (Phi) is 5.52. The minimum atomic E-state index is -0.190. The molecule has 7 heteroatoms. The Labute approximate surface area is 174 Å². The number of amides is 1. The maximum atomic E-state index is 12.8. The van der Waals surface area contributed by atoms with Crippen molar-refractivity contribution in [3.63, 3.8) is 0 Å². The van der Waals surface area contributed by atoms with Crippen LogP contribution in [0, 0.1) is 0 Å². The van der Waals surface area contributed by atoms with Crippen molar-refractivity contribution in [3.8, 4) is 11.5 Å². The summed E-state index contributed by atoms with van der Waals surface area (Å²) in [6.45, 7) is 0.773. The molecule has 4 rings (SSSR count). The van der Waals surface area contributed by atoms with Gasteiger partial charge in [-0.25, -0.2) is 4.98 Å². The van der Waals surface area contributed by atoms with Crippen LogP contribution in [0.1, 0.15) is 33.0 Å². The van der Waals surface area contributed by atoms with Crippen LogP contribution >= 0.6 is 0 Å². The maximum absolute atomic E-state index is 12.8. The standard InChI is InChI=1S/C23H23N3O4/c1-29-17-8-6-16(7-9-17)23(28)26-11-10-20-19(14-26)22(27)25-21(24-20)13-15-4-3-5-18(12-15)30-2/h3-9,12H,10-11,13-14H2,1-2H3,(H,24,25,27). The van der Waals surface area contributed by atoms with Gasteiger partial charge in [-0.1, -0.05) is 12.1 Å². The number of rotatable bonds is 5. The average Bonchev–Trinajstić information content (AvgIpc) is 2.78. The van der Waals surface area contributed by atoms with Crippen LogP contribution in [-0.4, -0.2) is 41.5 Å².